The molecule has 1 aromatic heterocycles. The summed E-state index contributed by atoms with van der Waals surface area (Å²) < 4.78 is 13.4. The largest absolute Gasteiger partial charge is 0.301 e. The molecule has 2 aromatic carbocycles. The average molecular weight is 455 g/mol. The number of halogens is 1. The van der Waals surface area contributed by atoms with Crippen LogP contribution < -0.4 is 0 Å². The van der Waals surface area contributed by atoms with Gasteiger partial charge in [-0.05, 0) is 35.9 Å². The van der Waals surface area contributed by atoms with Gasteiger partial charge < -0.3 is 4.98 Å². The normalized spacial score (nSPS) is 10.4. The van der Waals surface area contributed by atoms with Crippen LogP contribution >= 0.6 is 0 Å². The molecule has 21 heavy (non-hydrogen) atoms. The second kappa shape index (κ2) is 6.46. The van der Waals surface area contributed by atoms with Crippen molar-refractivity contribution in [3.63, 3.8) is 0 Å². The molecule has 0 saturated heterocycles. The van der Waals surface area contributed by atoms with E-state index in [9.17, 15) is 4.39 Å². The molecular formula is C18H13FIrN-. The van der Waals surface area contributed by atoms with Crippen LogP contribution in [0.3, 0.4) is 0 Å². The smallest absolute Gasteiger partial charge is 0.0408 e. The van der Waals surface area contributed by atoms with Crippen LogP contribution in [0.2, 0.25) is 0 Å². The van der Waals surface area contributed by atoms with Crippen molar-refractivity contribution >= 4 is 10.8 Å². The molecule has 1 heterocycles. The van der Waals surface area contributed by atoms with Crippen molar-refractivity contribution in [2.24, 2.45) is 0 Å². The van der Waals surface area contributed by atoms with Gasteiger partial charge in [-0.15, -0.1) is 23.8 Å². The predicted octanol–water partition coefficient (Wildman–Crippen LogP) is 4.40. The van der Waals surface area contributed by atoms with Gasteiger partial charge in [-0.25, -0.2) is 0 Å². The summed E-state index contributed by atoms with van der Waals surface area (Å²) in [4.78, 5) is 4.58. The summed E-state index contributed by atoms with van der Waals surface area (Å²) in [5.74, 6) is -0.256. The molecule has 1 nitrogen and oxygen atoms in total. The van der Waals surface area contributed by atoms with Crippen molar-refractivity contribution in [2.75, 3.05) is 0 Å². The molecule has 0 bridgehead atoms. The quantitative estimate of drug-likeness (QED) is 0.523. The van der Waals surface area contributed by atoms with Crippen molar-refractivity contribution < 1.29 is 24.5 Å². The first-order chi connectivity index (χ1) is 9.69. The maximum Gasteiger partial charge on any atom is 0.0408 e. The molecule has 3 heteroatoms. The number of fused-ring (bicyclic) bond motifs is 1. The Morgan fingerprint density at radius 3 is 2.71 bits per heavy atom. The van der Waals surface area contributed by atoms with Crippen LogP contribution in [0.4, 0.5) is 4.39 Å². The monoisotopic (exact) mass is 455 g/mol. The van der Waals surface area contributed by atoms with E-state index in [-0.39, 0.29) is 25.9 Å². The van der Waals surface area contributed by atoms with Crippen LogP contribution in [0.15, 0.2) is 42.5 Å². The van der Waals surface area contributed by atoms with Crippen LogP contribution in [0.1, 0.15) is 11.3 Å². The summed E-state index contributed by atoms with van der Waals surface area (Å²) in [6.07, 6.45) is 0.373. The van der Waals surface area contributed by atoms with Crippen LogP contribution in [0, 0.1) is 25.7 Å². The van der Waals surface area contributed by atoms with Gasteiger partial charge in [-0.2, -0.15) is 0 Å². The molecule has 0 N–H and O–H groups in total. The fourth-order valence-corrected chi connectivity index (χ4v) is 2.28. The van der Waals surface area contributed by atoms with E-state index in [0.717, 1.165) is 27.7 Å². The summed E-state index contributed by atoms with van der Waals surface area (Å²) in [5.41, 5.74) is 2.99. The number of hydrogen-bond acceptors (Lipinski definition) is 1. The van der Waals surface area contributed by atoms with E-state index in [1.54, 1.807) is 13.0 Å². The van der Waals surface area contributed by atoms with Gasteiger partial charge in [0.1, 0.15) is 0 Å². The number of pyridine rings is 1. The molecule has 0 fully saturated rings. The van der Waals surface area contributed by atoms with E-state index in [1.807, 2.05) is 30.3 Å². The van der Waals surface area contributed by atoms with Crippen molar-refractivity contribution in [3.8, 4) is 11.3 Å². The minimum Gasteiger partial charge on any atom is -0.301 e. The molecule has 107 valence electrons. The zero-order chi connectivity index (χ0) is 14.1. The zero-order valence-corrected chi connectivity index (χ0v) is 13.9. The third-order valence-corrected chi connectivity index (χ3v) is 3.35. The maximum atomic E-state index is 13.4. The van der Waals surface area contributed by atoms with Gasteiger partial charge >= 0.3 is 0 Å². The summed E-state index contributed by atoms with van der Waals surface area (Å²) >= 11 is 0. The Morgan fingerprint density at radius 1 is 1.24 bits per heavy atom. The minimum absolute atomic E-state index is 0. The molecule has 0 atom stereocenters. The van der Waals surface area contributed by atoms with Gasteiger partial charge in [0.2, 0.25) is 0 Å². The first-order valence-corrected chi connectivity index (χ1v) is 6.46. The average Bonchev–Trinajstić information content (AvgIpc) is 2.49. The number of benzene rings is 2. The SMILES string of the molecule is [CH]Cc1cc2ccccc2c(-c2[c-]cc(F)c(C)c2)n1.[Ir]. The van der Waals surface area contributed by atoms with Crippen molar-refractivity contribution in [1.82, 2.24) is 4.98 Å². The maximum absolute atomic E-state index is 13.4. The van der Waals surface area contributed by atoms with E-state index < -0.39 is 0 Å². The number of rotatable bonds is 2. The Morgan fingerprint density at radius 2 is 2.00 bits per heavy atom. The standard InChI is InChI=1S/C18H13FN.Ir/c1-3-15-11-13-6-4-5-7-16(13)18(20-15)14-8-9-17(19)12(2)10-14;/h1,4-7,9-11H,3H2,2H3;/q-1;. The molecule has 3 aromatic rings. The third kappa shape index (κ3) is 3.04. The molecular weight excluding hydrogens is 441 g/mol. The molecule has 0 aliphatic heterocycles. The van der Waals surface area contributed by atoms with Crippen LogP contribution in [0.25, 0.3) is 22.0 Å². The van der Waals surface area contributed by atoms with Crippen LogP contribution in [-0.4, -0.2) is 4.98 Å². The number of aryl methyl sites for hydroxylation is 1. The van der Waals surface area contributed by atoms with E-state index >= 15 is 0 Å². The second-order valence-electron chi connectivity index (χ2n) is 4.77. The Bertz CT molecular complexity index is 783. The number of nitrogens with zero attached hydrogens (tertiary/aromatic N) is 1. The topological polar surface area (TPSA) is 12.9 Å². The van der Waals surface area contributed by atoms with Crippen molar-refractivity contribution in [1.29, 1.82) is 0 Å². The van der Waals surface area contributed by atoms with E-state index in [4.69, 9.17) is 6.92 Å². The Balaban J connectivity index is 0.00000161. The second-order valence-corrected chi connectivity index (χ2v) is 4.77. The van der Waals surface area contributed by atoms with Gasteiger partial charge in [0.15, 0.2) is 0 Å². The van der Waals surface area contributed by atoms with Gasteiger partial charge in [-0.3, -0.25) is 4.39 Å². The Kier molecular flexibility index (Phi) is 4.87. The van der Waals surface area contributed by atoms with Gasteiger partial charge in [0.25, 0.3) is 0 Å². The van der Waals surface area contributed by atoms with E-state index in [2.05, 4.69) is 11.1 Å². The Hall–Kier alpha value is -1.57. The fourth-order valence-electron chi connectivity index (χ4n) is 2.28. The summed E-state index contributed by atoms with van der Waals surface area (Å²) in [6.45, 7) is 7.45. The number of aromatic nitrogens is 1. The molecule has 0 amide bonds. The first-order valence-electron chi connectivity index (χ1n) is 6.46. The molecule has 0 spiro atoms. The van der Waals surface area contributed by atoms with Gasteiger partial charge in [0.05, 0.1) is 0 Å². The Labute approximate surface area is 137 Å². The first kappa shape index (κ1) is 15.8. The van der Waals surface area contributed by atoms with Crippen LogP contribution in [-0.2, 0) is 26.5 Å². The van der Waals surface area contributed by atoms with E-state index in [1.165, 1.54) is 6.07 Å². The summed E-state index contributed by atoms with van der Waals surface area (Å²) in [7, 11) is 0. The molecule has 0 aliphatic rings. The van der Waals surface area contributed by atoms with Gasteiger partial charge in [0, 0.05) is 31.6 Å². The van der Waals surface area contributed by atoms with Crippen molar-refractivity contribution in [2.45, 2.75) is 13.3 Å². The fraction of sp³-hybridized carbons (Fsp3) is 0.111. The molecule has 0 unspecified atom stereocenters. The molecule has 3 rings (SSSR count). The minimum atomic E-state index is -0.256. The summed E-state index contributed by atoms with van der Waals surface area (Å²) in [6, 6.07) is 16.0. The number of hydrogen-bond donors (Lipinski definition) is 0. The van der Waals surface area contributed by atoms with Crippen LogP contribution in [0.5, 0.6) is 0 Å². The molecule has 3 radical (unpaired) electrons. The summed E-state index contributed by atoms with van der Waals surface area (Å²) in [5, 5.41) is 2.10. The molecule has 0 aliphatic carbocycles. The zero-order valence-electron chi connectivity index (χ0n) is 11.5. The van der Waals surface area contributed by atoms with Gasteiger partial charge in [-0.1, -0.05) is 36.8 Å². The van der Waals surface area contributed by atoms with E-state index in [0.29, 0.717) is 12.0 Å². The van der Waals surface area contributed by atoms with Crippen molar-refractivity contribution in [3.05, 3.63) is 72.5 Å². The molecule has 0 saturated carbocycles. The predicted molar refractivity (Wildman–Crippen MR) is 78.7 cm³/mol. The third-order valence-electron chi connectivity index (χ3n) is 3.35.